The molecule has 2 unspecified atom stereocenters. The van der Waals surface area contributed by atoms with Crippen molar-refractivity contribution in [3.8, 4) is 0 Å². The third-order valence-corrected chi connectivity index (χ3v) is 4.61. The SMILES string of the molecule is CC(CS(C)=O)NS(=O)(=O)c1ccnc(Cl)c1. The number of aromatic nitrogens is 1. The van der Waals surface area contributed by atoms with Crippen molar-refractivity contribution >= 4 is 32.4 Å². The van der Waals surface area contributed by atoms with Gasteiger partial charge in [0.15, 0.2) is 0 Å². The standard InChI is InChI=1S/C9H13ClN2O3S2/c1-7(6-16(2)13)12-17(14,15)8-3-4-11-9(10)5-8/h3-5,7,12H,6H2,1-2H3. The molecule has 0 aromatic carbocycles. The molecule has 0 fully saturated rings. The maximum absolute atomic E-state index is 11.9. The van der Waals surface area contributed by atoms with E-state index in [2.05, 4.69) is 9.71 Å². The molecule has 0 bridgehead atoms. The van der Waals surface area contributed by atoms with Crippen molar-refractivity contribution in [2.45, 2.75) is 17.9 Å². The van der Waals surface area contributed by atoms with E-state index in [0.29, 0.717) is 0 Å². The molecule has 1 aromatic rings. The molecule has 5 nitrogen and oxygen atoms in total. The van der Waals surface area contributed by atoms with E-state index in [0.717, 1.165) is 0 Å². The van der Waals surface area contributed by atoms with E-state index in [4.69, 9.17) is 11.6 Å². The first-order valence-electron chi connectivity index (χ1n) is 4.75. The quantitative estimate of drug-likeness (QED) is 0.815. The van der Waals surface area contributed by atoms with Gasteiger partial charge in [-0.2, -0.15) is 0 Å². The van der Waals surface area contributed by atoms with Crippen LogP contribution >= 0.6 is 11.6 Å². The van der Waals surface area contributed by atoms with Crippen molar-refractivity contribution in [1.82, 2.24) is 9.71 Å². The molecule has 0 spiro atoms. The summed E-state index contributed by atoms with van der Waals surface area (Å²) in [5, 5.41) is 0.111. The van der Waals surface area contributed by atoms with Gasteiger partial charge in [0.1, 0.15) is 5.15 Å². The second-order valence-corrected chi connectivity index (χ2v) is 7.16. The topological polar surface area (TPSA) is 76.1 Å². The average Bonchev–Trinajstić information content (AvgIpc) is 2.15. The number of sulfonamides is 1. The Morgan fingerprint density at radius 2 is 2.24 bits per heavy atom. The van der Waals surface area contributed by atoms with E-state index in [1.807, 2.05) is 0 Å². The molecular formula is C9H13ClN2O3S2. The Balaban J connectivity index is 2.86. The molecule has 1 N–H and O–H groups in total. The first-order chi connectivity index (χ1) is 7.81. The molecule has 2 atom stereocenters. The lowest BCUT2D eigenvalue weighted by molar-refractivity contribution is 0.570. The molecule has 0 aliphatic heterocycles. The average molecular weight is 297 g/mol. The van der Waals surface area contributed by atoms with Gasteiger partial charge in [0.05, 0.1) is 4.90 Å². The summed E-state index contributed by atoms with van der Waals surface area (Å²) >= 11 is 5.62. The van der Waals surface area contributed by atoms with Crippen molar-refractivity contribution in [3.63, 3.8) is 0 Å². The lowest BCUT2D eigenvalue weighted by Crippen LogP contribution is -2.36. The lowest BCUT2D eigenvalue weighted by atomic mass is 10.4. The Morgan fingerprint density at radius 3 is 2.76 bits per heavy atom. The van der Waals surface area contributed by atoms with Crippen molar-refractivity contribution in [2.24, 2.45) is 0 Å². The molecule has 0 aliphatic rings. The Hall–Kier alpha value is -0.500. The molecular weight excluding hydrogens is 284 g/mol. The van der Waals surface area contributed by atoms with E-state index in [1.54, 1.807) is 6.92 Å². The largest absolute Gasteiger partial charge is 0.260 e. The zero-order valence-corrected chi connectivity index (χ0v) is 11.8. The van der Waals surface area contributed by atoms with Crippen molar-refractivity contribution in [2.75, 3.05) is 12.0 Å². The van der Waals surface area contributed by atoms with Gasteiger partial charge in [-0.1, -0.05) is 11.6 Å². The molecule has 96 valence electrons. The Labute approximate surface area is 108 Å². The maximum atomic E-state index is 11.9. The van der Waals surface area contributed by atoms with Crippen LogP contribution in [0.15, 0.2) is 23.2 Å². The summed E-state index contributed by atoms with van der Waals surface area (Å²) in [5.41, 5.74) is 0. The van der Waals surface area contributed by atoms with Gasteiger partial charge in [-0.3, -0.25) is 4.21 Å². The molecule has 17 heavy (non-hydrogen) atoms. The second-order valence-electron chi connectivity index (χ2n) is 3.58. The summed E-state index contributed by atoms with van der Waals surface area (Å²) in [4.78, 5) is 3.75. The molecule has 1 aromatic heterocycles. The van der Waals surface area contributed by atoms with Gasteiger partial charge < -0.3 is 0 Å². The first kappa shape index (κ1) is 14.6. The number of rotatable bonds is 5. The monoisotopic (exact) mass is 296 g/mol. The minimum Gasteiger partial charge on any atom is -0.260 e. The van der Waals surface area contributed by atoms with E-state index >= 15 is 0 Å². The number of hydrogen-bond acceptors (Lipinski definition) is 4. The van der Waals surface area contributed by atoms with Crippen molar-refractivity contribution in [3.05, 3.63) is 23.5 Å². The minimum absolute atomic E-state index is 0.0474. The molecule has 0 radical (unpaired) electrons. The number of halogens is 1. The van der Waals surface area contributed by atoms with Crippen molar-refractivity contribution in [1.29, 1.82) is 0 Å². The van der Waals surface area contributed by atoms with E-state index in [1.165, 1.54) is 24.6 Å². The number of pyridine rings is 1. The van der Waals surface area contributed by atoms with Crippen LogP contribution in [-0.4, -0.2) is 35.7 Å². The van der Waals surface area contributed by atoms with Gasteiger partial charge in [0, 0.05) is 35.0 Å². The zero-order valence-electron chi connectivity index (χ0n) is 9.38. The number of nitrogens with zero attached hydrogens (tertiary/aromatic N) is 1. The van der Waals surface area contributed by atoms with Gasteiger partial charge in [-0.05, 0) is 19.1 Å². The van der Waals surface area contributed by atoms with E-state index < -0.39 is 26.9 Å². The fourth-order valence-corrected chi connectivity index (χ4v) is 3.66. The Kier molecular flexibility index (Phi) is 5.05. The molecule has 8 heteroatoms. The van der Waals surface area contributed by atoms with Crippen LogP contribution < -0.4 is 4.72 Å². The lowest BCUT2D eigenvalue weighted by Gasteiger charge is -2.12. The highest BCUT2D eigenvalue weighted by molar-refractivity contribution is 7.89. The summed E-state index contributed by atoms with van der Waals surface area (Å²) in [6.07, 6.45) is 2.84. The smallest absolute Gasteiger partial charge is 0.241 e. The number of nitrogens with one attached hydrogen (secondary N) is 1. The fourth-order valence-electron chi connectivity index (χ4n) is 1.27. The van der Waals surface area contributed by atoms with E-state index in [-0.39, 0.29) is 15.8 Å². The van der Waals surface area contributed by atoms with Gasteiger partial charge in [-0.25, -0.2) is 18.1 Å². The zero-order chi connectivity index (χ0) is 13.1. The van der Waals surface area contributed by atoms with E-state index in [9.17, 15) is 12.6 Å². The van der Waals surface area contributed by atoms with Gasteiger partial charge in [0.25, 0.3) is 0 Å². The second kappa shape index (κ2) is 5.90. The predicted octanol–water partition coefficient (Wildman–Crippen LogP) is 0.780. The summed E-state index contributed by atoms with van der Waals surface area (Å²) in [6.45, 7) is 1.65. The van der Waals surface area contributed by atoms with Crippen LogP contribution in [0.5, 0.6) is 0 Å². The van der Waals surface area contributed by atoms with Crippen molar-refractivity contribution < 1.29 is 12.6 Å². The molecule has 0 saturated carbocycles. The van der Waals surface area contributed by atoms with Gasteiger partial charge in [0.2, 0.25) is 10.0 Å². The summed E-state index contributed by atoms with van der Waals surface area (Å²) in [7, 11) is -4.69. The Morgan fingerprint density at radius 1 is 1.59 bits per heavy atom. The Bertz CT molecular complexity index is 519. The fraction of sp³-hybridized carbons (Fsp3) is 0.444. The normalized spacial score (nSPS) is 15.5. The highest BCUT2D eigenvalue weighted by Crippen LogP contribution is 2.13. The molecule has 0 amide bonds. The molecule has 0 aliphatic carbocycles. The van der Waals surface area contributed by atoms with Gasteiger partial charge in [-0.15, -0.1) is 0 Å². The molecule has 0 saturated heterocycles. The van der Waals surface area contributed by atoms with Crippen LogP contribution in [0.1, 0.15) is 6.92 Å². The minimum atomic E-state index is -3.64. The molecule has 1 heterocycles. The first-order valence-corrected chi connectivity index (χ1v) is 8.34. The third-order valence-electron chi connectivity index (χ3n) is 1.85. The maximum Gasteiger partial charge on any atom is 0.241 e. The molecule has 1 rings (SSSR count). The van der Waals surface area contributed by atoms with Crippen LogP contribution in [0, 0.1) is 0 Å². The van der Waals surface area contributed by atoms with Crippen LogP contribution in [-0.2, 0) is 20.8 Å². The van der Waals surface area contributed by atoms with Crippen LogP contribution in [0.4, 0.5) is 0 Å². The predicted molar refractivity (Wildman–Crippen MR) is 68.0 cm³/mol. The summed E-state index contributed by atoms with van der Waals surface area (Å²) < 4.78 is 37.2. The van der Waals surface area contributed by atoms with Gasteiger partial charge >= 0.3 is 0 Å². The van der Waals surface area contributed by atoms with Crippen LogP contribution in [0.3, 0.4) is 0 Å². The summed E-state index contributed by atoms with van der Waals surface area (Å²) in [6, 6.07) is 2.21. The highest BCUT2D eigenvalue weighted by Gasteiger charge is 2.18. The van der Waals surface area contributed by atoms with Crippen LogP contribution in [0.2, 0.25) is 5.15 Å². The summed E-state index contributed by atoms with van der Waals surface area (Å²) in [5.74, 6) is 0.262. The van der Waals surface area contributed by atoms with Crippen LogP contribution in [0.25, 0.3) is 0 Å². The highest BCUT2D eigenvalue weighted by atomic mass is 35.5. The third kappa shape index (κ3) is 4.71. The number of hydrogen-bond donors (Lipinski definition) is 1.